The highest BCUT2D eigenvalue weighted by molar-refractivity contribution is 7.91. The molecule has 0 bridgehead atoms. The van der Waals surface area contributed by atoms with Gasteiger partial charge in [-0.25, -0.2) is 8.42 Å². The third-order valence-corrected chi connectivity index (χ3v) is 6.01. The number of benzene rings is 1. The van der Waals surface area contributed by atoms with Crippen molar-refractivity contribution < 1.29 is 13.3 Å². The van der Waals surface area contributed by atoms with Crippen molar-refractivity contribution in [2.45, 2.75) is 19.4 Å². The number of non-ortho nitro benzene ring substituents is 1. The Labute approximate surface area is 149 Å². The number of anilines is 1. The molecule has 0 saturated carbocycles. The van der Waals surface area contributed by atoms with Crippen LogP contribution in [0, 0.1) is 21.4 Å². The molecule has 1 atom stereocenters. The molecule has 0 aliphatic carbocycles. The van der Waals surface area contributed by atoms with E-state index in [1.165, 1.54) is 29.1 Å². The monoisotopic (exact) mass is 376 g/mol. The molecule has 1 aliphatic heterocycles. The minimum absolute atomic E-state index is 0.0239. The van der Waals surface area contributed by atoms with Crippen LogP contribution in [-0.2, 0) is 9.84 Å². The van der Waals surface area contributed by atoms with Gasteiger partial charge >= 0.3 is 0 Å². The highest BCUT2D eigenvalue weighted by atomic mass is 32.2. The van der Waals surface area contributed by atoms with E-state index in [2.05, 4.69) is 10.2 Å². The summed E-state index contributed by atoms with van der Waals surface area (Å²) in [6.45, 7) is 2.34. The van der Waals surface area contributed by atoms with Crippen molar-refractivity contribution in [3.8, 4) is 11.8 Å². The molecule has 136 valence electrons. The second-order valence-electron chi connectivity index (χ2n) is 5.89. The number of nitro groups is 1. The van der Waals surface area contributed by atoms with Crippen LogP contribution < -0.4 is 4.90 Å². The fraction of sp³-hybridized carbons (Fsp3) is 0.400. The Morgan fingerprint density at radius 2 is 2.08 bits per heavy atom. The minimum atomic E-state index is -3.08. The van der Waals surface area contributed by atoms with Gasteiger partial charge in [-0.15, -0.1) is 15.0 Å². The molecule has 1 aromatic heterocycles. The lowest BCUT2D eigenvalue weighted by Crippen LogP contribution is -2.37. The molecule has 2 heterocycles. The van der Waals surface area contributed by atoms with E-state index >= 15 is 0 Å². The van der Waals surface area contributed by atoms with E-state index in [4.69, 9.17) is 0 Å². The van der Waals surface area contributed by atoms with Gasteiger partial charge in [0.25, 0.3) is 5.69 Å². The first-order valence-electron chi connectivity index (χ1n) is 7.94. The Morgan fingerprint density at radius 1 is 1.38 bits per heavy atom. The fourth-order valence-corrected chi connectivity index (χ4v) is 4.72. The number of nitro benzene ring substituents is 1. The van der Waals surface area contributed by atoms with Gasteiger partial charge in [0.15, 0.2) is 15.7 Å². The van der Waals surface area contributed by atoms with Crippen molar-refractivity contribution in [3.63, 3.8) is 0 Å². The number of aromatic nitrogens is 3. The zero-order valence-corrected chi connectivity index (χ0v) is 14.8. The predicted octanol–water partition coefficient (Wildman–Crippen LogP) is 1.06. The molecule has 1 saturated heterocycles. The molecule has 3 rings (SSSR count). The predicted molar refractivity (Wildman–Crippen MR) is 92.8 cm³/mol. The fourth-order valence-electron chi connectivity index (χ4n) is 2.99. The van der Waals surface area contributed by atoms with Crippen LogP contribution in [0.5, 0.6) is 0 Å². The van der Waals surface area contributed by atoms with Crippen LogP contribution >= 0.6 is 0 Å². The van der Waals surface area contributed by atoms with Gasteiger partial charge in [0.2, 0.25) is 5.69 Å². The third kappa shape index (κ3) is 3.36. The van der Waals surface area contributed by atoms with E-state index in [-0.39, 0.29) is 28.9 Å². The first-order chi connectivity index (χ1) is 12.3. The van der Waals surface area contributed by atoms with Gasteiger partial charge in [0.05, 0.1) is 22.1 Å². The zero-order chi connectivity index (χ0) is 18.9. The van der Waals surface area contributed by atoms with Gasteiger partial charge in [-0.2, -0.15) is 5.26 Å². The summed E-state index contributed by atoms with van der Waals surface area (Å²) in [5.41, 5.74) is 0.482. The molecule has 0 spiro atoms. The van der Waals surface area contributed by atoms with Gasteiger partial charge < -0.3 is 4.90 Å². The van der Waals surface area contributed by atoms with Gasteiger partial charge in [-0.1, -0.05) is 0 Å². The largest absolute Gasteiger partial charge is 0.349 e. The van der Waals surface area contributed by atoms with Gasteiger partial charge in [0.1, 0.15) is 6.07 Å². The summed E-state index contributed by atoms with van der Waals surface area (Å²) in [6.07, 6.45) is 0.478. The van der Waals surface area contributed by atoms with Crippen LogP contribution in [0.2, 0.25) is 0 Å². The molecule has 2 aromatic rings. The smallest absolute Gasteiger partial charge is 0.269 e. The van der Waals surface area contributed by atoms with E-state index in [1.54, 1.807) is 4.90 Å². The summed E-state index contributed by atoms with van der Waals surface area (Å²) in [7, 11) is -3.08. The molecule has 1 unspecified atom stereocenters. The van der Waals surface area contributed by atoms with Crippen molar-refractivity contribution in [3.05, 3.63) is 40.1 Å². The van der Waals surface area contributed by atoms with Crippen LogP contribution in [0.1, 0.15) is 19.0 Å². The number of nitrogens with zero attached hydrogens (tertiary/aromatic N) is 6. The van der Waals surface area contributed by atoms with E-state index in [0.717, 1.165) is 0 Å². The Balaban J connectivity index is 1.95. The third-order valence-electron chi connectivity index (χ3n) is 4.26. The Hall–Kier alpha value is -3.00. The van der Waals surface area contributed by atoms with E-state index in [1.807, 2.05) is 13.0 Å². The second-order valence-corrected chi connectivity index (χ2v) is 8.12. The van der Waals surface area contributed by atoms with Crippen molar-refractivity contribution in [2.24, 2.45) is 0 Å². The number of nitriles is 1. The summed E-state index contributed by atoms with van der Waals surface area (Å²) in [4.78, 5) is 13.2. The summed E-state index contributed by atoms with van der Waals surface area (Å²) < 4.78 is 23.5. The van der Waals surface area contributed by atoms with E-state index in [0.29, 0.717) is 24.5 Å². The first kappa shape index (κ1) is 17.8. The molecule has 0 radical (unpaired) electrons. The zero-order valence-electron chi connectivity index (χ0n) is 13.9. The topological polar surface area (TPSA) is 135 Å². The van der Waals surface area contributed by atoms with Gasteiger partial charge in [-0.3, -0.25) is 10.1 Å². The molecular formula is C15H16N6O4S. The molecule has 26 heavy (non-hydrogen) atoms. The molecule has 0 N–H and O–H groups in total. The van der Waals surface area contributed by atoms with E-state index < -0.39 is 14.8 Å². The van der Waals surface area contributed by atoms with Crippen LogP contribution in [0.25, 0.3) is 5.69 Å². The normalized spacial score (nSPS) is 18.4. The molecule has 11 heteroatoms. The van der Waals surface area contributed by atoms with E-state index in [9.17, 15) is 23.8 Å². The average molecular weight is 376 g/mol. The number of rotatable bonds is 5. The lowest BCUT2D eigenvalue weighted by atomic mass is 10.2. The standard InChI is InChI=1S/C15H16N6O4S/c1-2-19(13-7-8-26(24,25)10-13)15-14(9-16)17-20(18-15)11-3-5-12(6-4-11)21(22)23/h3-6,13H,2,7-8,10H2,1H3. The highest BCUT2D eigenvalue weighted by Gasteiger charge is 2.34. The Kier molecular flexibility index (Phi) is 4.60. The molecule has 1 aliphatic rings. The summed E-state index contributed by atoms with van der Waals surface area (Å²) in [6, 6.07) is 7.35. The van der Waals surface area contributed by atoms with Crippen LogP contribution in [0.15, 0.2) is 24.3 Å². The second kappa shape index (κ2) is 6.72. The lowest BCUT2D eigenvalue weighted by Gasteiger charge is -2.26. The lowest BCUT2D eigenvalue weighted by molar-refractivity contribution is -0.384. The number of hydrogen-bond acceptors (Lipinski definition) is 8. The Bertz CT molecular complexity index is 977. The van der Waals surface area contributed by atoms with Crippen molar-refractivity contribution >= 4 is 21.3 Å². The van der Waals surface area contributed by atoms with Gasteiger partial charge in [0, 0.05) is 24.7 Å². The SMILES string of the molecule is CCN(c1nn(-c2ccc([N+](=O)[O-])cc2)nc1C#N)C1CCS(=O)(=O)C1. The first-order valence-corrected chi connectivity index (χ1v) is 9.76. The summed E-state index contributed by atoms with van der Waals surface area (Å²) in [5.74, 6) is 0.457. The summed E-state index contributed by atoms with van der Waals surface area (Å²) >= 11 is 0. The van der Waals surface area contributed by atoms with Crippen molar-refractivity contribution in [2.75, 3.05) is 23.0 Å². The number of sulfone groups is 1. The summed E-state index contributed by atoms with van der Waals surface area (Å²) in [5, 5.41) is 28.6. The molecule has 10 nitrogen and oxygen atoms in total. The average Bonchev–Trinajstić information content (AvgIpc) is 3.19. The molecule has 1 fully saturated rings. The quantitative estimate of drug-likeness (QED) is 0.558. The maximum atomic E-state index is 11.8. The van der Waals surface area contributed by atoms with Crippen LogP contribution in [-0.4, -0.2) is 52.4 Å². The molecule has 0 amide bonds. The highest BCUT2D eigenvalue weighted by Crippen LogP contribution is 2.25. The van der Waals surface area contributed by atoms with Crippen LogP contribution in [0.3, 0.4) is 0 Å². The van der Waals surface area contributed by atoms with Crippen molar-refractivity contribution in [1.82, 2.24) is 15.0 Å². The van der Waals surface area contributed by atoms with Crippen molar-refractivity contribution in [1.29, 1.82) is 5.26 Å². The van der Waals surface area contributed by atoms with Crippen LogP contribution in [0.4, 0.5) is 11.5 Å². The molecule has 1 aromatic carbocycles. The van der Waals surface area contributed by atoms with Gasteiger partial charge in [-0.05, 0) is 25.5 Å². The molecular weight excluding hydrogens is 360 g/mol. The Morgan fingerprint density at radius 3 is 2.58 bits per heavy atom. The number of hydrogen-bond donors (Lipinski definition) is 0. The maximum Gasteiger partial charge on any atom is 0.269 e. The minimum Gasteiger partial charge on any atom is -0.349 e. The maximum absolute atomic E-state index is 11.8.